The second kappa shape index (κ2) is 8.48. The number of amides is 1. The van der Waals surface area contributed by atoms with Crippen molar-refractivity contribution in [3.8, 4) is 11.5 Å². The van der Waals surface area contributed by atoms with Gasteiger partial charge in [-0.05, 0) is 37.8 Å². The molecule has 1 aliphatic carbocycles. The number of hydrogen-bond donors (Lipinski definition) is 1. The first-order valence-corrected chi connectivity index (χ1v) is 9.47. The van der Waals surface area contributed by atoms with E-state index in [0.29, 0.717) is 30.4 Å². The van der Waals surface area contributed by atoms with Crippen LogP contribution >= 0.6 is 11.6 Å². The topological polar surface area (TPSA) is 90.7 Å². The van der Waals surface area contributed by atoms with Crippen molar-refractivity contribution in [1.82, 2.24) is 0 Å². The first kappa shape index (κ1) is 19.9. The van der Waals surface area contributed by atoms with Crippen molar-refractivity contribution in [2.24, 2.45) is 5.92 Å². The summed E-state index contributed by atoms with van der Waals surface area (Å²) >= 11 is 6.21. The third kappa shape index (κ3) is 4.20. The van der Waals surface area contributed by atoms with E-state index in [1.807, 2.05) is 18.2 Å². The lowest BCUT2D eigenvalue weighted by Crippen LogP contribution is -2.16. The number of nitrogens with one attached hydrogen (secondary N) is 1. The van der Waals surface area contributed by atoms with Crippen LogP contribution in [0.3, 0.4) is 0 Å². The Labute approximate surface area is 167 Å². The maximum Gasteiger partial charge on any atom is 0.296 e. The van der Waals surface area contributed by atoms with E-state index in [2.05, 4.69) is 5.32 Å². The molecule has 2 atom stereocenters. The van der Waals surface area contributed by atoms with Crippen molar-refractivity contribution in [2.75, 3.05) is 18.5 Å². The first-order valence-electron chi connectivity index (χ1n) is 9.09. The Balaban J connectivity index is 1.83. The van der Waals surface area contributed by atoms with Gasteiger partial charge >= 0.3 is 0 Å². The average molecular weight is 405 g/mol. The van der Waals surface area contributed by atoms with Crippen molar-refractivity contribution in [3.63, 3.8) is 0 Å². The molecule has 3 rings (SSSR count). The van der Waals surface area contributed by atoms with Gasteiger partial charge in [0.2, 0.25) is 5.91 Å². The molecule has 0 saturated heterocycles. The molecule has 0 heterocycles. The highest BCUT2D eigenvalue weighted by atomic mass is 35.5. The van der Waals surface area contributed by atoms with Gasteiger partial charge < -0.3 is 14.8 Å². The van der Waals surface area contributed by atoms with Gasteiger partial charge in [0, 0.05) is 17.0 Å². The standard InChI is InChI=1S/C20H21ClN2O5/c1-3-27-18-10-16(17(23(25)26)11-19(18)28-4-2)22-20(24)14-9-13(14)12-7-5-6-8-15(12)21/h5-8,10-11,13-14H,3-4,9H2,1-2H3,(H,22,24). The minimum Gasteiger partial charge on any atom is -0.490 e. The number of rotatable bonds is 8. The van der Waals surface area contributed by atoms with Crippen LogP contribution in [-0.2, 0) is 4.79 Å². The number of benzene rings is 2. The molecule has 0 radical (unpaired) electrons. The van der Waals surface area contributed by atoms with E-state index >= 15 is 0 Å². The van der Waals surface area contributed by atoms with Gasteiger partial charge in [-0.15, -0.1) is 0 Å². The third-order valence-corrected chi connectivity index (χ3v) is 4.89. The summed E-state index contributed by atoms with van der Waals surface area (Å²) in [7, 11) is 0. The number of nitrogens with zero attached hydrogens (tertiary/aromatic N) is 1. The number of carbonyl (C=O) groups excluding carboxylic acids is 1. The zero-order valence-electron chi connectivity index (χ0n) is 15.6. The van der Waals surface area contributed by atoms with E-state index in [-0.39, 0.29) is 34.9 Å². The second-order valence-corrected chi connectivity index (χ2v) is 6.81. The summed E-state index contributed by atoms with van der Waals surface area (Å²) in [6.45, 7) is 4.28. The number of nitro groups is 1. The smallest absolute Gasteiger partial charge is 0.296 e. The Kier molecular flexibility index (Phi) is 6.04. The van der Waals surface area contributed by atoms with Crippen molar-refractivity contribution >= 4 is 28.9 Å². The van der Waals surface area contributed by atoms with Gasteiger partial charge in [0.25, 0.3) is 5.69 Å². The number of nitro benzene ring substituents is 1. The molecular weight excluding hydrogens is 384 g/mol. The predicted octanol–water partition coefficient (Wildman–Crippen LogP) is 4.79. The van der Waals surface area contributed by atoms with Gasteiger partial charge in [-0.2, -0.15) is 0 Å². The molecule has 7 nitrogen and oxygen atoms in total. The van der Waals surface area contributed by atoms with E-state index < -0.39 is 4.92 Å². The fourth-order valence-corrected chi connectivity index (χ4v) is 3.44. The molecule has 28 heavy (non-hydrogen) atoms. The highest BCUT2D eigenvalue weighted by Gasteiger charge is 2.45. The zero-order valence-corrected chi connectivity index (χ0v) is 16.4. The van der Waals surface area contributed by atoms with Crippen LogP contribution in [0.2, 0.25) is 5.02 Å². The van der Waals surface area contributed by atoms with Crippen molar-refractivity contribution in [2.45, 2.75) is 26.2 Å². The Morgan fingerprint density at radius 2 is 1.86 bits per heavy atom. The van der Waals surface area contributed by atoms with Crippen LogP contribution in [0.5, 0.6) is 11.5 Å². The highest BCUT2D eigenvalue weighted by molar-refractivity contribution is 6.31. The van der Waals surface area contributed by atoms with Crippen LogP contribution in [0.25, 0.3) is 0 Å². The number of ether oxygens (including phenoxy) is 2. The molecule has 2 aromatic rings. The van der Waals surface area contributed by atoms with Gasteiger partial charge in [-0.3, -0.25) is 14.9 Å². The van der Waals surface area contributed by atoms with Crippen LogP contribution < -0.4 is 14.8 Å². The van der Waals surface area contributed by atoms with E-state index in [4.69, 9.17) is 21.1 Å². The second-order valence-electron chi connectivity index (χ2n) is 6.40. The monoisotopic (exact) mass is 404 g/mol. The molecule has 1 N–H and O–H groups in total. The maximum atomic E-state index is 12.7. The molecule has 1 amide bonds. The molecule has 0 aromatic heterocycles. The minimum atomic E-state index is -0.549. The van der Waals surface area contributed by atoms with Gasteiger partial charge in [0.1, 0.15) is 5.69 Å². The molecule has 0 bridgehead atoms. The van der Waals surface area contributed by atoms with Crippen molar-refractivity contribution < 1.29 is 19.2 Å². The van der Waals surface area contributed by atoms with E-state index in [1.165, 1.54) is 12.1 Å². The van der Waals surface area contributed by atoms with Gasteiger partial charge in [-0.25, -0.2) is 0 Å². The number of anilines is 1. The summed E-state index contributed by atoms with van der Waals surface area (Å²) < 4.78 is 10.9. The van der Waals surface area contributed by atoms with E-state index in [9.17, 15) is 14.9 Å². The van der Waals surface area contributed by atoms with Crippen molar-refractivity contribution in [1.29, 1.82) is 0 Å². The van der Waals surface area contributed by atoms with Crippen LogP contribution in [0.1, 0.15) is 31.7 Å². The van der Waals surface area contributed by atoms with Crippen LogP contribution in [0.4, 0.5) is 11.4 Å². The fraction of sp³-hybridized carbons (Fsp3) is 0.350. The lowest BCUT2D eigenvalue weighted by Gasteiger charge is -2.13. The highest BCUT2D eigenvalue weighted by Crippen LogP contribution is 2.50. The quantitative estimate of drug-likeness (QED) is 0.504. The zero-order chi connectivity index (χ0) is 20.3. The normalized spacial score (nSPS) is 17.7. The van der Waals surface area contributed by atoms with Gasteiger partial charge in [-0.1, -0.05) is 29.8 Å². The lowest BCUT2D eigenvalue weighted by atomic mass is 10.1. The summed E-state index contributed by atoms with van der Waals surface area (Å²) in [5, 5.41) is 14.8. The lowest BCUT2D eigenvalue weighted by molar-refractivity contribution is -0.384. The van der Waals surface area contributed by atoms with Crippen LogP contribution in [0, 0.1) is 16.0 Å². The van der Waals surface area contributed by atoms with Crippen molar-refractivity contribution in [3.05, 3.63) is 57.1 Å². The molecule has 0 spiro atoms. The Morgan fingerprint density at radius 3 is 2.46 bits per heavy atom. The molecule has 2 unspecified atom stereocenters. The minimum absolute atomic E-state index is 0.0156. The summed E-state index contributed by atoms with van der Waals surface area (Å²) in [6, 6.07) is 10.1. The largest absolute Gasteiger partial charge is 0.490 e. The maximum absolute atomic E-state index is 12.7. The summed E-state index contributed by atoms with van der Waals surface area (Å²) in [5.41, 5.74) is 0.766. The SMILES string of the molecule is CCOc1cc(NC(=O)C2CC2c2ccccc2Cl)c([N+](=O)[O-])cc1OCC. The van der Waals surface area contributed by atoms with Crippen LogP contribution in [-0.4, -0.2) is 24.0 Å². The van der Waals surface area contributed by atoms with Gasteiger partial charge in [0.05, 0.1) is 24.2 Å². The molecule has 1 saturated carbocycles. The van der Waals surface area contributed by atoms with E-state index in [0.717, 1.165) is 5.56 Å². The Bertz CT molecular complexity index is 902. The summed E-state index contributed by atoms with van der Waals surface area (Å²) in [5.74, 6) is 0.0844. The molecule has 1 fully saturated rings. The molecule has 2 aromatic carbocycles. The third-order valence-electron chi connectivity index (χ3n) is 4.55. The number of halogens is 1. The molecular formula is C20H21ClN2O5. The molecule has 1 aliphatic rings. The van der Waals surface area contributed by atoms with E-state index in [1.54, 1.807) is 19.9 Å². The van der Waals surface area contributed by atoms with Crippen LogP contribution in [0.15, 0.2) is 36.4 Å². The molecule has 148 valence electrons. The average Bonchev–Trinajstić information content (AvgIpc) is 3.45. The fourth-order valence-electron chi connectivity index (χ4n) is 3.17. The summed E-state index contributed by atoms with van der Waals surface area (Å²) in [6.07, 6.45) is 0.651. The Hall–Kier alpha value is -2.80. The van der Waals surface area contributed by atoms with Gasteiger partial charge in [0.15, 0.2) is 11.5 Å². The molecule has 8 heteroatoms. The number of carbonyl (C=O) groups is 1. The first-order chi connectivity index (χ1) is 13.5. The molecule has 0 aliphatic heterocycles. The predicted molar refractivity (Wildman–Crippen MR) is 106 cm³/mol. The number of hydrogen-bond acceptors (Lipinski definition) is 5. The summed E-state index contributed by atoms with van der Waals surface area (Å²) in [4.78, 5) is 23.6. The Morgan fingerprint density at radius 1 is 1.21 bits per heavy atom.